The van der Waals surface area contributed by atoms with Crippen LogP contribution in [0.25, 0.3) is 0 Å². The molecule has 7 heteroatoms. The number of nitrogens with zero attached hydrogens (tertiary/aromatic N) is 1. The number of carbonyl (C=O) groups is 2. The Balaban J connectivity index is 1.61. The third-order valence-electron chi connectivity index (χ3n) is 5.32. The number of carboxylic acids is 1. The molecule has 132 valence electrons. The number of rotatable bonds is 5. The fraction of sp³-hybridized carbons (Fsp3) is 0.444. The number of likely N-dealkylation sites (tertiary alicyclic amines) is 1. The highest BCUT2D eigenvalue weighted by atomic mass is 16.5. The lowest BCUT2D eigenvalue weighted by Gasteiger charge is -2.22. The molecular weight excluding hydrogens is 326 g/mol. The predicted molar refractivity (Wildman–Crippen MR) is 86.3 cm³/mol. The summed E-state index contributed by atoms with van der Waals surface area (Å²) < 4.78 is 16.5. The van der Waals surface area contributed by atoms with Gasteiger partial charge in [-0.2, -0.15) is 0 Å². The van der Waals surface area contributed by atoms with Gasteiger partial charge in [-0.1, -0.05) is 12.2 Å². The van der Waals surface area contributed by atoms with Gasteiger partial charge in [-0.15, -0.1) is 0 Å². The van der Waals surface area contributed by atoms with E-state index in [1.165, 1.54) is 0 Å². The van der Waals surface area contributed by atoms with Gasteiger partial charge in [0.05, 0.1) is 32.8 Å². The van der Waals surface area contributed by atoms with Gasteiger partial charge in [-0.05, 0) is 12.1 Å². The van der Waals surface area contributed by atoms with Crippen LogP contribution in [0.3, 0.4) is 0 Å². The van der Waals surface area contributed by atoms with Crippen LogP contribution in [0.15, 0.2) is 30.4 Å². The quantitative estimate of drug-likeness (QED) is 0.804. The topological polar surface area (TPSA) is 85.3 Å². The van der Waals surface area contributed by atoms with E-state index in [1.807, 2.05) is 12.1 Å². The Labute approximate surface area is 144 Å². The zero-order valence-corrected chi connectivity index (χ0v) is 14.0. The zero-order valence-electron chi connectivity index (χ0n) is 14.0. The lowest BCUT2D eigenvalue weighted by molar-refractivity contribution is -0.148. The smallest absolute Gasteiger partial charge is 0.310 e. The maximum atomic E-state index is 12.9. The molecule has 2 saturated heterocycles. The molecule has 4 atom stereocenters. The molecule has 1 aromatic carbocycles. The first kappa shape index (κ1) is 16.0. The first-order chi connectivity index (χ1) is 12.0. The molecule has 3 aliphatic heterocycles. The number of benzene rings is 1. The fourth-order valence-corrected chi connectivity index (χ4v) is 4.18. The average Bonchev–Trinajstić information content (AvgIpc) is 3.23. The predicted octanol–water partition coefficient (Wildman–Crippen LogP) is 1.07. The van der Waals surface area contributed by atoms with Gasteiger partial charge in [0.1, 0.15) is 23.0 Å². The number of carbonyl (C=O) groups excluding carboxylic acids is 1. The molecule has 0 aromatic heterocycles. The highest BCUT2D eigenvalue weighted by Crippen LogP contribution is 2.52. The van der Waals surface area contributed by atoms with Crippen LogP contribution in [0.5, 0.6) is 11.5 Å². The van der Waals surface area contributed by atoms with Crippen molar-refractivity contribution in [3.8, 4) is 11.5 Å². The molecule has 1 spiro atoms. The Hall–Kier alpha value is -2.54. The van der Waals surface area contributed by atoms with E-state index in [-0.39, 0.29) is 5.91 Å². The lowest BCUT2D eigenvalue weighted by Crippen LogP contribution is -2.39. The molecular formula is C18H19NO6. The maximum absolute atomic E-state index is 12.9. The van der Waals surface area contributed by atoms with Crippen molar-refractivity contribution >= 4 is 11.9 Å². The van der Waals surface area contributed by atoms with Gasteiger partial charge >= 0.3 is 5.97 Å². The number of ether oxygens (including phenoxy) is 3. The minimum Gasteiger partial charge on any atom is -0.497 e. The first-order valence-electron chi connectivity index (χ1n) is 8.09. The van der Waals surface area contributed by atoms with Crippen LogP contribution in [-0.2, 0) is 20.9 Å². The molecule has 1 amide bonds. The summed E-state index contributed by atoms with van der Waals surface area (Å²) in [4.78, 5) is 26.1. The van der Waals surface area contributed by atoms with Crippen LogP contribution < -0.4 is 9.47 Å². The Kier molecular flexibility index (Phi) is 3.50. The summed E-state index contributed by atoms with van der Waals surface area (Å²) in [5.74, 6) is -1.36. The van der Waals surface area contributed by atoms with Gasteiger partial charge in [0.2, 0.25) is 5.91 Å². The summed E-state index contributed by atoms with van der Waals surface area (Å²) in [5, 5.41) is 9.49. The largest absolute Gasteiger partial charge is 0.497 e. The Morgan fingerprint density at radius 2 is 2.20 bits per heavy atom. The van der Waals surface area contributed by atoms with E-state index in [4.69, 9.17) is 14.2 Å². The zero-order chi connectivity index (χ0) is 17.8. The second kappa shape index (κ2) is 5.49. The van der Waals surface area contributed by atoms with E-state index in [9.17, 15) is 14.7 Å². The normalized spacial score (nSPS) is 32.2. The van der Waals surface area contributed by atoms with E-state index in [0.29, 0.717) is 24.6 Å². The van der Waals surface area contributed by atoms with Gasteiger partial charge in [-0.25, -0.2) is 0 Å². The molecule has 25 heavy (non-hydrogen) atoms. The van der Waals surface area contributed by atoms with Gasteiger partial charge in [0.15, 0.2) is 0 Å². The average molecular weight is 345 g/mol. The van der Waals surface area contributed by atoms with Crippen LogP contribution in [0.2, 0.25) is 0 Å². The van der Waals surface area contributed by atoms with Crippen molar-refractivity contribution in [1.29, 1.82) is 0 Å². The molecule has 0 aliphatic carbocycles. The Morgan fingerprint density at radius 1 is 1.40 bits per heavy atom. The third-order valence-corrected chi connectivity index (χ3v) is 5.32. The summed E-state index contributed by atoms with van der Waals surface area (Å²) in [7, 11) is 3.14. The number of hydrogen-bond acceptors (Lipinski definition) is 5. The summed E-state index contributed by atoms with van der Waals surface area (Å²) in [6, 6.07) is 5.41. The number of carboxylic acid groups (broad SMARTS) is 1. The van der Waals surface area contributed by atoms with Crippen molar-refractivity contribution in [2.24, 2.45) is 11.8 Å². The molecule has 2 fully saturated rings. The number of aliphatic carboxylic acids is 1. The summed E-state index contributed by atoms with van der Waals surface area (Å²) in [6.07, 6.45) is 3.11. The van der Waals surface area contributed by atoms with Crippen LogP contribution in [-0.4, -0.2) is 54.4 Å². The van der Waals surface area contributed by atoms with Crippen LogP contribution in [0.4, 0.5) is 0 Å². The van der Waals surface area contributed by atoms with Crippen molar-refractivity contribution in [3.05, 3.63) is 35.9 Å². The van der Waals surface area contributed by atoms with E-state index in [1.54, 1.807) is 37.3 Å². The molecule has 1 aromatic rings. The van der Waals surface area contributed by atoms with Gasteiger partial charge in [0.25, 0.3) is 0 Å². The van der Waals surface area contributed by atoms with Crippen LogP contribution >= 0.6 is 0 Å². The number of hydrogen-bond donors (Lipinski definition) is 1. The molecule has 3 aliphatic rings. The molecule has 1 N–H and O–H groups in total. The molecule has 0 radical (unpaired) electrons. The van der Waals surface area contributed by atoms with Gasteiger partial charge in [0, 0.05) is 18.2 Å². The van der Waals surface area contributed by atoms with E-state index in [0.717, 1.165) is 5.56 Å². The molecule has 0 unspecified atom stereocenters. The number of methoxy groups -OCH3 is 2. The van der Waals surface area contributed by atoms with Gasteiger partial charge < -0.3 is 24.2 Å². The molecule has 7 nitrogen and oxygen atoms in total. The van der Waals surface area contributed by atoms with Crippen molar-refractivity contribution in [2.75, 3.05) is 20.8 Å². The number of fused-ring (bicyclic) bond motifs is 1. The van der Waals surface area contributed by atoms with E-state index < -0.39 is 29.5 Å². The second-order valence-corrected chi connectivity index (χ2v) is 6.61. The second-order valence-electron chi connectivity index (χ2n) is 6.61. The van der Waals surface area contributed by atoms with Crippen LogP contribution in [0.1, 0.15) is 5.56 Å². The van der Waals surface area contributed by atoms with Crippen molar-refractivity contribution in [2.45, 2.75) is 18.2 Å². The van der Waals surface area contributed by atoms with Gasteiger partial charge in [-0.3, -0.25) is 9.59 Å². The van der Waals surface area contributed by atoms with E-state index in [2.05, 4.69) is 0 Å². The van der Waals surface area contributed by atoms with E-state index >= 15 is 0 Å². The monoisotopic (exact) mass is 345 g/mol. The summed E-state index contributed by atoms with van der Waals surface area (Å²) >= 11 is 0. The lowest BCUT2D eigenvalue weighted by atomic mass is 9.77. The third kappa shape index (κ3) is 2.22. The Morgan fingerprint density at radius 3 is 2.88 bits per heavy atom. The minimum absolute atomic E-state index is 0.183. The van der Waals surface area contributed by atoms with Crippen LogP contribution in [0, 0.1) is 11.8 Å². The van der Waals surface area contributed by atoms with Crippen molar-refractivity contribution in [3.63, 3.8) is 0 Å². The number of amides is 1. The minimum atomic E-state index is -0.988. The maximum Gasteiger partial charge on any atom is 0.310 e. The summed E-state index contributed by atoms with van der Waals surface area (Å²) in [5.41, 5.74) is 0.0169. The van der Waals surface area contributed by atoms with Crippen molar-refractivity contribution in [1.82, 2.24) is 4.90 Å². The Bertz CT molecular complexity index is 775. The summed E-state index contributed by atoms with van der Waals surface area (Å²) in [6.45, 7) is 0.681. The molecule has 0 saturated carbocycles. The first-order valence-corrected chi connectivity index (χ1v) is 8.09. The molecule has 2 bridgehead atoms. The highest BCUT2D eigenvalue weighted by molar-refractivity contribution is 5.90. The molecule has 4 rings (SSSR count). The SMILES string of the molecule is COc1ccc(CN2C[C@@]34C=C[C@@H](O3)[C@H](C(=O)O)[C@@H]4C2=O)c(OC)c1. The fourth-order valence-electron chi connectivity index (χ4n) is 4.18. The van der Waals surface area contributed by atoms with Crippen molar-refractivity contribution < 1.29 is 28.9 Å². The standard InChI is InChI=1S/C18H19NO6/c1-23-11-4-3-10(13(7-11)24-2)8-19-9-18-6-5-12(25-18)14(17(21)22)15(18)16(19)20/h3-7,12,14-15H,8-9H2,1-2H3,(H,21,22)/t12-,14+,15-,18-/m1/s1. The molecule has 3 heterocycles. The highest BCUT2D eigenvalue weighted by Gasteiger charge is 2.67.